The van der Waals surface area contributed by atoms with Gasteiger partial charge in [-0.3, -0.25) is 9.59 Å². The number of piperidine rings is 1. The lowest BCUT2D eigenvalue weighted by Gasteiger charge is -2.37. The van der Waals surface area contributed by atoms with Gasteiger partial charge in [-0.2, -0.15) is 0 Å². The van der Waals surface area contributed by atoms with Gasteiger partial charge in [0, 0.05) is 19.0 Å². The molecule has 0 spiro atoms. The van der Waals surface area contributed by atoms with Crippen molar-refractivity contribution in [3.05, 3.63) is 0 Å². The molecule has 0 N–H and O–H groups in total. The summed E-state index contributed by atoms with van der Waals surface area (Å²) in [7, 11) is 0. The van der Waals surface area contributed by atoms with E-state index in [1.165, 1.54) is 4.90 Å². The van der Waals surface area contributed by atoms with Gasteiger partial charge in [0.05, 0.1) is 5.92 Å². The zero-order valence-corrected chi connectivity index (χ0v) is 11.8. The summed E-state index contributed by atoms with van der Waals surface area (Å²) in [6.45, 7) is 7.71. The molecule has 1 saturated heterocycles. The molecule has 2 unspecified atom stereocenters. The fourth-order valence-electron chi connectivity index (χ4n) is 1.96. The van der Waals surface area contributed by atoms with Crippen LogP contribution in [0.25, 0.3) is 0 Å². The van der Waals surface area contributed by atoms with Gasteiger partial charge in [0.2, 0.25) is 0 Å². The van der Waals surface area contributed by atoms with Crippen LogP contribution < -0.4 is 0 Å². The minimum absolute atomic E-state index is 0.00828. The largest absolute Gasteiger partial charge is 0.467 e. The Labute approximate surface area is 113 Å². The van der Waals surface area contributed by atoms with E-state index in [2.05, 4.69) is 4.74 Å². The molecule has 1 fully saturated rings. The Balaban J connectivity index is 2.69. The molecule has 2 atom stereocenters. The van der Waals surface area contributed by atoms with E-state index >= 15 is 0 Å². The molecule has 1 aliphatic heterocycles. The molecular weight excluding hydrogens is 250 g/mol. The smallest absolute Gasteiger partial charge is 0.410 e. The number of carbonyl (C=O) groups is 3. The average Bonchev–Trinajstić information content (AvgIpc) is 2.25. The number of carbonyl (C=O) groups excluding carboxylic acids is 3. The zero-order valence-electron chi connectivity index (χ0n) is 11.8. The van der Waals surface area contributed by atoms with Gasteiger partial charge in [-0.1, -0.05) is 0 Å². The minimum atomic E-state index is -0.576. The monoisotopic (exact) mass is 271 g/mol. The third-order valence-corrected chi connectivity index (χ3v) is 2.89. The van der Waals surface area contributed by atoms with E-state index in [1.54, 1.807) is 27.7 Å². The van der Waals surface area contributed by atoms with E-state index in [-0.39, 0.29) is 31.4 Å². The molecule has 1 rings (SSSR count). The Bertz CT molecular complexity index is 361. The van der Waals surface area contributed by atoms with Crippen LogP contribution in [0.1, 0.15) is 34.1 Å². The number of Topliss-reactive ketones (excluding diaryl/α,β-unsaturated/α-hetero) is 1. The molecule has 0 aromatic carbocycles. The second-order valence-electron chi connectivity index (χ2n) is 5.78. The number of hydrogen-bond acceptors (Lipinski definition) is 5. The normalized spacial score (nSPS) is 24.0. The maximum absolute atomic E-state index is 12.0. The van der Waals surface area contributed by atoms with E-state index in [9.17, 15) is 14.4 Å². The Kier molecular flexibility index (Phi) is 4.91. The second kappa shape index (κ2) is 6.04. The van der Waals surface area contributed by atoms with Crippen molar-refractivity contribution in [1.29, 1.82) is 0 Å². The van der Waals surface area contributed by atoms with Crippen LogP contribution in [0.2, 0.25) is 0 Å². The zero-order chi connectivity index (χ0) is 14.6. The van der Waals surface area contributed by atoms with Crippen molar-refractivity contribution in [3.8, 4) is 0 Å². The lowest BCUT2D eigenvalue weighted by molar-refractivity contribution is -0.136. The van der Waals surface area contributed by atoms with Crippen molar-refractivity contribution in [1.82, 2.24) is 4.90 Å². The van der Waals surface area contributed by atoms with Crippen LogP contribution in [-0.4, -0.2) is 48.0 Å². The number of rotatable bonds is 3. The second-order valence-corrected chi connectivity index (χ2v) is 5.78. The summed E-state index contributed by atoms with van der Waals surface area (Å²) in [5.41, 5.74) is -0.576. The highest BCUT2D eigenvalue weighted by atomic mass is 16.6. The first-order valence-electron chi connectivity index (χ1n) is 6.32. The fraction of sp³-hybridized carbons (Fsp3) is 0.769. The van der Waals surface area contributed by atoms with Crippen molar-refractivity contribution >= 4 is 18.3 Å². The average molecular weight is 271 g/mol. The molecule has 0 aliphatic carbocycles. The summed E-state index contributed by atoms with van der Waals surface area (Å²) < 4.78 is 9.93. The third kappa shape index (κ3) is 4.54. The SMILES string of the molecule is CC1CC(=O)C(COC=O)CN1C(=O)OC(C)(C)C. The van der Waals surface area contributed by atoms with Crippen LogP contribution in [0, 0.1) is 5.92 Å². The topological polar surface area (TPSA) is 72.9 Å². The standard InChI is InChI=1S/C13H21NO5/c1-9-5-11(16)10(7-18-8-15)6-14(9)12(17)19-13(2,3)4/h8-10H,5-7H2,1-4H3. The van der Waals surface area contributed by atoms with E-state index < -0.39 is 17.6 Å². The van der Waals surface area contributed by atoms with Gasteiger partial charge in [-0.05, 0) is 27.7 Å². The predicted molar refractivity (Wildman–Crippen MR) is 67.5 cm³/mol. The molecule has 0 aromatic heterocycles. The van der Waals surface area contributed by atoms with Gasteiger partial charge in [0.15, 0.2) is 0 Å². The van der Waals surface area contributed by atoms with Crippen molar-refractivity contribution in [3.63, 3.8) is 0 Å². The van der Waals surface area contributed by atoms with Crippen molar-refractivity contribution < 1.29 is 23.9 Å². The summed E-state index contributed by atoms with van der Waals surface area (Å²) in [4.78, 5) is 35.5. The number of amides is 1. The summed E-state index contributed by atoms with van der Waals surface area (Å²) in [6, 6.07) is -0.199. The Morgan fingerprint density at radius 1 is 1.47 bits per heavy atom. The Morgan fingerprint density at radius 3 is 2.63 bits per heavy atom. The van der Waals surface area contributed by atoms with Crippen molar-refractivity contribution in [2.75, 3.05) is 13.2 Å². The van der Waals surface area contributed by atoms with E-state index in [4.69, 9.17) is 4.74 Å². The molecule has 0 saturated carbocycles. The molecule has 1 amide bonds. The van der Waals surface area contributed by atoms with Gasteiger partial charge in [-0.15, -0.1) is 0 Å². The van der Waals surface area contributed by atoms with Crippen molar-refractivity contribution in [2.24, 2.45) is 5.92 Å². The first-order valence-corrected chi connectivity index (χ1v) is 6.32. The molecule has 0 bridgehead atoms. The first kappa shape index (κ1) is 15.5. The highest BCUT2D eigenvalue weighted by molar-refractivity contribution is 5.84. The molecule has 0 radical (unpaired) electrons. The first-order chi connectivity index (χ1) is 8.74. The van der Waals surface area contributed by atoms with Gasteiger partial charge in [0.25, 0.3) is 6.47 Å². The van der Waals surface area contributed by atoms with Gasteiger partial charge in [0.1, 0.15) is 18.0 Å². The molecule has 1 aliphatic rings. The highest BCUT2D eigenvalue weighted by Crippen LogP contribution is 2.22. The van der Waals surface area contributed by atoms with Gasteiger partial charge >= 0.3 is 6.09 Å². The maximum atomic E-state index is 12.0. The van der Waals surface area contributed by atoms with Crippen LogP contribution in [0.5, 0.6) is 0 Å². The molecular formula is C13H21NO5. The third-order valence-electron chi connectivity index (χ3n) is 2.89. The summed E-state index contributed by atoms with van der Waals surface area (Å²) in [5, 5.41) is 0. The molecule has 1 heterocycles. The quantitative estimate of drug-likeness (QED) is 0.725. The summed E-state index contributed by atoms with van der Waals surface area (Å²) in [6.07, 6.45) is -0.185. The number of likely N-dealkylation sites (tertiary alicyclic amines) is 1. The number of nitrogens with zero attached hydrogens (tertiary/aromatic N) is 1. The maximum Gasteiger partial charge on any atom is 0.410 e. The van der Waals surface area contributed by atoms with Crippen LogP contribution in [0.15, 0.2) is 0 Å². The predicted octanol–water partition coefficient (Wildman–Crippen LogP) is 1.37. The summed E-state index contributed by atoms with van der Waals surface area (Å²) in [5.74, 6) is -0.455. The van der Waals surface area contributed by atoms with E-state index in [1.807, 2.05) is 0 Å². The fourth-order valence-corrected chi connectivity index (χ4v) is 1.96. The molecule has 6 heteroatoms. The summed E-state index contributed by atoms with van der Waals surface area (Å²) >= 11 is 0. The number of hydrogen-bond donors (Lipinski definition) is 0. The van der Waals surface area contributed by atoms with Crippen LogP contribution in [0.4, 0.5) is 4.79 Å². The van der Waals surface area contributed by atoms with E-state index in [0.29, 0.717) is 6.47 Å². The lowest BCUT2D eigenvalue weighted by Crippen LogP contribution is -2.51. The van der Waals surface area contributed by atoms with E-state index in [0.717, 1.165) is 0 Å². The number of ketones is 1. The Morgan fingerprint density at radius 2 is 2.11 bits per heavy atom. The minimum Gasteiger partial charge on any atom is -0.467 e. The molecule has 6 nitrogen and oxygen atoms in total. The van der Waals surface area contributed by atoms with Crippen LogP contribution in [-0.2, 0) is 19.1 Å². The molecule has 0 aromatic rings. The molecule has 19 heavy (non-hydrogen) atoms. The van der Waals surface area contributed by atoms with Gasteiger partial charge < -0.3 is 14.4 Å². The van der Waals surface area contributed by atoms with Crippen LogP contribution >= 0.6 is 0 Å². The highest BCUT2D eigenvalue weighted by Gasteiger charge is 2.36. The number of ether oxygens (including phenoxy) is 2. The Hall–Kier alpha value is -1.59. The van der Waals surface area contributed by atoms with Gasteiger partial charge in [-0.25, -0.2) is 4.79 Å². The van der Waals surface area contributed by atoms with Crippen LogP contribution in [0.3, 0.4) is 0 Å². The van der Waals surface area contributed by atoms with Crippen molar-refractivity contribution in [2.45, 2.75) is 45.8 Å². The lowest BCUT2D eigenvalue weighted by atomic mass is 9.93. The molecule has 108 valence electrons.